The van der Waals surface area contributed by atoms with Crippen molar-refractivity contribution in [2.24, 2.45) is 0 Å². The Labute approximate surface area is 104 Å². The van der Waals surface area contributed by atoms with E-state index in [0.717, 1.165) is 11.8 Å². The molecule has 0 radical (unpaired) electrons. The van der Waals surface area contributed by atoms with Gasteiger partial charge in [0, 0.05) is 23.7 Å². The van der Waals surface area contributed by atoms with Gasteiger partial charge in [-0.25, -0.2) is 8.78 Å². The van der Waals surface area contributed by atoms with Crippen molar-refractivity contribution in [2.45, 2.75) is 26.4 Å². The molecule has 0 saturated heterocycles. The van der Waals surface area contributed by atoms with Gasteiger partial charge in [-0.2, -0.15) is 0 Å². The zero-order valence-corrected chi connectivity index (χ0v) is 10.2. The molecule has 2 aromatic rings. The average Bonchev–Trinajstić information content (AvgIpc) is 2.72. The molecule has 1 unspecified atom stereocenters. The third-order valence-corrected chi connectivity index (χ3v) is 2.69. The minimum absolute atomic E-state index is 0.240. The monoisotopic (exact) mass is 252 g/mol. The second-order valence-corrected chi connectivity index (χ2v) is 4.20. The number of nitrogens with zero attached hydrogens (tertiary/aromatic N) is 1. The summed E-state index contributed by atoms with van der Waals surface area (Å²) < 4.78 is 31.3. The molecule has 18 heavy (non-hydrogen) atoms. The van der Waals surface area contributed by atoms with E-state index in [1.54, 1.807) is 13.0 Å². The van der Waals surface area contributed by atoms with Crippen molar-refractivity contribution in [1.82, 2.24) is 10.5 Å². The molecule has 96 valence electrons. The number of rotatable bonds is 4. The molecule has 1 heterocycles. The van der Waals surface area contributed by atoms with Gasteiger partial charge in [0.1, 0.15) is 11.6 Å². The molecule has 0 spiro atoms. The van der Waals surface area contributed by atoms with E-state index in [0.29, 0.717) is 17.9 Å². The molecule has 1 atom stereocenters. The predicted octanol–water partition coefficient (Wildman–Crippen LogP) is 3.11. The van der Waals surface area contributed by atoms with Gasteiger partial charge in [-0.05, 0) is 19.9 Å². The van der Waals surface area contributed by atoms with Gasteiger partial charge in [0.05, 0.1) is 12.2 Å². The van der Waals surface area contributed by atoms with E-state index in [2.05, 4.69) is 10.5 Å². The van der Waals surface area contributed by atoms with Gasteiger partial charge in [-0.15, -0.1) is 0 Å². The van der Waals surface area contributed by atoms with Crippen molar-refractivity contribution in [3.8, 4) is 0 Å². The summed E-state index contributed by atoms with van der Waals surface area (Å²) in [4.78, 5) is 0. The molecule has 0 amide bonds. The first-order chi connectivity index (χ1) is 8.56. The number of aryl methyl sites for hydroxylation is 1. The van der Waals surface area contributed by atoms with Crippen LogP contribution >= 0.6 is 0 Å². The lowest BCUT2D eigenvalue weighted by atomic mass is 10.1. The van der Waals surface area contributed by atoms with Gasteiger partial charge >= 0.3 is 0 Å². The Morgan fingerprint density at radius 2 is 2.11 bits per heavy atom. The minimum atomic E-state index is -0.575. The Kier molecular flexibility index (Phi) is 3.72. The van der Waals surface area contributed by atoms with Gasteiger partial charge in [0.25, 0.3) is 0 Å². The second kappa shape index (κ2) is 5.27. The summed E-state index contributed by atoms with van der Waals surface area (Å²) >= 11 is 0. The van der Waals surface area contributed by atoms with Crippen LogP contribution in [0.5, 0.6) is 0 Å². The molecule has 2 rings (SSSR count). The van der Waals surface area contributed by atoms with E-state index < -0.39 is 11.6 Å². The Balaban J connectivity index is 2.01. The van der Waals surface area contributed by atoms with Crippen LogP contribution in [0.15, 0.2) is 28.8 Å². The zero-order valence-electron chi connectivity index (χ0n) is 10.2. The average molecular weight is 252 g/mol. The largest absolute Gasteiger partial charge is 0.360 e. The van der Waals surface area contributed by atoms with Crippen LogP contribution in [0.4, 0.5) is 8.78 Å². The van der Waals surface area contributed by atoms with Crippen molar-refractivity contribution in [1.29, 1.82) is 0 Å². The van der Waals surface area contributed by atoms with Crippen molar-refractivity contribution < 1.29 is 13.3 Å². The van der Waals surface area contributed by atoms with Crippen LogP contribution in [0.3, 0.4) is 0 Å². The maximum Gasteiger partial charge on any atom is 0.150 e. The van der Waals surface area contributed by atoms with Crippen molar-refractivity contribution in [3.63, 3.8) is 0 Å². The minimum Gasteiger partial charge on any atom is -0.360 e. The fourth-order valence-electron chi connectivity index (χ4n) is 1.72. The van der Waals surface area contributed by atoms with E-state index in [-0.39, 0.29) is 6.04 Å². The summed E-state index contributed by atoms with van der Waals surface area (Å²) in [7, 11) is 0. The first-order valence-corrected chi connectivity index (χ1v) is 5.67. The maximum absolute atomic E-state index is 13.5. The molecule has 1 aromatic heterocycles. The predicted molar refractivity (Wildman–Crippen MR) is 62.9 cm³/mol. The van der Waals surface area contributed by atoms with Crippen LogP contribution in [0.1, 0.15) is 30.0 Å². The molecule has 0 aliphatic heterocycles. The fourth-order valence-corrected chi connectivity index (χ4v) is 1.72. The highest BCUT2D eigenvalue weighted by atomic mass is 19.1. The molecule has 5 heteroatoms. The van der Waals surface area contributed by atoms with Gasteiger partial charge in [-0.3, -0.25) is 0 Å². The van der Waals surface area contributed by atoms with Crippen LogP contribution in [-0.2, 0) is 6.54 Å². The van der Waals surface area contributed by atoms with E-state index in [9.17, 15) is 8.78 Å². The smallest absolute Gasteiger partial charge is 0.150 e. The maximum atomic E-state index is 13.5. The highest BCUT2D eigenvalue weighted by Gasteiger charge is 2.12. The molecule has 0 bridgehead atoms. The lowest BCUT2D eigenvalue weighted by molar-refractivity contribution is 0.362. The number of aromatic nitrogens is 1. The molecule has 1 aromatic carbocycles. The fraction of sp³-hybridized carbons (Fsp3) is 0.308. The molecule has 0 saturated carbocycles. The van der Waals surface area contributed by atoms with Crippen LogP contribution in [-0.4, -0.2) is 5.16 Å². The summed E-state index contributed by atoms with van der Waals surface area (Å²) in [6, 6.07) is 5.13. The molecule has 1 N–H and O–H groups in total. The van der Waals surface area contributed by atoms with Crippen LogP contribution in [0, 0.1) is 18.6 Å². The number of hydrogen-bond donors (Lipinski definition) is 1. The normalized spacial score (nSPS) is 12.7. The van der Waals surface area contributed by atoms with Crippen molar-refractivity contribution in [2.75, 3.05) is 0 Å². The Morgan fingerprint density at radius 3 is 2.72 bits per heavy atom. The van der Waals surface area contributed by atoms with E-state index in [1.807, 2.05) is 6.92 Å². The van der Waals surface area contributed by atoms with Crippen LogP contribution in [0.2, 0.25) is 0 Å². The summed E-state index contributed by atoms with van der Waals surface area (Å²) in [6.07, 6.45) is 0. The van der Waals surface area contributed by atoms with E-state index in [1.165, 1.54) is 12.1 Å². The Hall–Kier alpha value is -1.75. The van der Waals surface area contributed by atoms with Gasteiger partial charge in [0.2, 0.25) is 0 Å². The Bertz CT molecular complexity index is 540. The molecule has 3 nitrogen and oxygen atoms in total. The highest BCUT2D eigenvalue weighted by molar-refractivity contribution is 5.21. The topological polar surface area (TPSA) is 38.1 Å². The van der Waals surface area contributed by atoms with Crippen molar-refractivity contribution >= 4 is 0 Å². The lowest BCUT2D eigenvalue weighted by Gasteiger charge is -2.13. The SMILES string of the molecule is Cc1cc(CNC(C)c2ccc(F)cc2F)on1. The standard InChI is InChI=1S/C13H14F2N2O/c1-8-5-11(18-17-8)7-16-9(2)12-4-3-10(14)6-13(12)15/h3-6,9,16H,7H2,1-2H3. The lowest BCUT2D eigenvalue weighted by Crippen LogP contribution is -2.18. The molecule has 0 aliphatic rings. The number of benzene rings is 1. The quantitative estimate of drug-likeness (QED) is 0.908. The zero-order chi connectivity index (χ0) is 13.1. The summed E-state index contributed by atoms with van der Waals surface area (Å²) in [5, 5.41) is 6.85. The molecular weight excluding hydrogens is 238 g/mol. The Morgan fingerprint density at radius 1 is 1.33 bits per heavy atom. The van der Waals surface area contributed by atoms with Gasteiger partial charge in [0.15, 0.2) is 5.76 Å². The third-order valence-electron chi connectivity index (χ3n) is 2.69. The molecule has 0 fully saturated rings. The number of halogens is 2. The highest BCUT2D eigenvalue weighted by Crippen LogP contribution is 2.18. The first-order valence-electron chi connectivity index (χ1n) is 5.67. The van der Waals surface area contributed by atoms with Crippen molar-refractivity contribution in [3.05, 3.63) is 52.9 Å². The van der Waals surface area contributed by atoms with Gasteiger partial charge in [-0.1, -0.05) is 11.2 Å². The molecular formula is C13H14F2N2O. The van der Waals surface area contributed by atoms with Crippen LogP contribution < -0.4 is 5.32 Å². The van der Waals surface area contributed by atoms with Crippen LogP contribution in [0.25, 0.3) is 0 Å². The summed E-state index contributed by atoms with van der Waals surface area (Å²) in [5.74, 6) is -0.445. The third kappa shape index (κ3) is 2.92. The van der Waals surface area contributed by atoms with E-state index in [4.69, 9.17) is 4.52 Å². The van der Waals surface area contributed by atoms with E-state index >= 15 is 0 Å². The first kappa shape index (κ1) is 12.7. The van der Waals surface area contributed by atoms with Gasteiger partial charge < -0.3 is 9.84 Å². The summed E-state index contributed by atoms with van der Waals surface area (Å²) in [6.45, 7) is 4.08. The molecule has 0 aliphatic carbocycles. The number of nitrogens with one attached hydrogen (secondary N) is 1. The number of hydrogen-bond acceptors (Lipinski definition) is 3. The second-order valence-electron chi connectivity index (χ2n) is 4.20. The summed E-state index contributed by atoms with van der Waals surface area (Å²) in [5.41, 5.74) is 1.22.